The Morgan fingerprint density at radius 1 is 0.339 bits per heavy atom. The van der Waals surface area contributed by atoms with E-state index in [2.05, 4.69) is 205 Å². The summed E-state index contributed by atoms with van der Waals surface area (Å²) in [5.41, 5.74) is 13.6. The fourth-order valence-corrected chi connectivity index (χ4v) is 9.82. The van der Waals surface area contributed by atoms with Gasteiger partial charge in [0.2, 0.25) is 0 Å². The number of aromatic nitrogens is 1. The number of nitriles is 1. The van der Waals surface area contributed by atoms with Crippen LogP contribution in [0.15, 0.2) is 206 Å². The first-order valence-electron chi connectivity index (χ1n) is 20.1. The van der Waals surface area contributed by atoms with E-state index in [4.69, 9.17) is 0 Å². The molecule has 2 heteroatoms. The fourth-order valence-electron chi connectivity index (χ4n) is 9.82. The lowest BCUT2D eigenvalue weighted by Crippen LogP contribution is -1.94. The van der Waals surface area contributed by atoms with Crippen LogP contribution in [-0.4, -0.2) is 4.57 Å². The minimum atomic E-state index is 0.663. The lowest BCUT2D eigenvalue weighted by atomic mass is 9.84. The summed E-state index contributed by atoms with van der Waals surface area (Å²) in [6, 6.07) is 77.1. The number of nitrogens with zero attached hydrogens (tertiary/aromatic N) is 2. The predicted molar refractivity (Wildman–Crippen MR) is 248 cm³/mol. The van der Waals surface area contributed by atoms with Crippen LogP contribution in [0.2, 0.25) is 0 Å². The largest absolute Gasteiger partial charge is 0.309 e. The summed E-state index contributed by atoms with van der Waals surface area (Å²) >= 11 is 0. The molecule has 0 saturated heterocycles. The average Bonchev–Trinajstić information content (AvgIpc) is 3.64. The van der Waals surface area contributed by atoms with Crippen LogP contribution in [0.5, 0.6) is 0 Å². The maximum absolute atomic E-state index is 10.0. The first kappa shape index (κ1) is 33.2. The van der Waals surface area contributed by atoms with Gasteiger partial charge in [0.05, 0.1) is 22.7 Å². The molecule has 0 atom stereocenters. The van der Waals surface area contributed by atoms with Crippen LogP contribution in [0.4, 0.5) is 0 Å². The van der Waals surface area contributed by atoms with E-state index in [-0.39, 0.29) is 0 Å². The molecule has 0 fully saturated rings. The standard InChI is InChI=1S/C57H34N2/c58-35-36-30-40-24-25-41-32-42(34-53-57(41)56(40)52(31-36)59(53)43-18-8-3-9-19-43)45-29-28-44(46-20-10-11-21-47(45)46)39-26-27-50-51(33-39)55(38-16-6-2-7-17-38)49-23-13-12-22-48(49)54(50)37-14-4-1-5-15-37/h1-34H. The van der Waals surface area contributed by atoms with Crippen LogP contribution >= 0.6 is 0 Å². The van der Waals surface area contributed by atoms with Crippen LogP contribution < -0.4 is 0 Å². The van der Waals surface area contributed by atoms with Crippen molar-refractivity contribution in [2.45, 2.75) is 0 Å². The molecule has 0 aliphatic carbocycles. The van der Waals surface area contributed by atoms with Gasteiger partial charge in [0.25, 0.3) is 0 Å². The Hall–Kier alpha value is -7.99. The minimum Gasteiger partial charge on any atom is -0.309 e. The van der Waals surface area contributed by atoms with Gasteiger partial charge in [-0.2, -0.15) is 5.26 Å². The quantitative estimate of drug-likeness (QED) is 0.127. The molecular formula is C57H34N2. The van der Waals surface area contributed by atoms with Gasteiger partial charge < -0.3 is 4.57 Å². The number of fused-ring (bicyclic) bond motifs is 3. The van der Waals surface area contributed by atoms with Gasteiger partial charge in [0, 0.05) is 16.5 Å². The summed E-state index contributed by atoms with van der Waals surface area (Å²) in [6.07, 6.45) is 0. The van der Waals surface area contributed by atoms with Crippen molar-refractivity contribution in [1.82, 2.24) is 4.57 Å². The Labute approximate surface area is 341 Å². The van der Waals surface area contributed by atoms with E-state index in [1.165, 1.54) is 87.4 Å². The fraction of sp³-hybridized carbons (Fsp3) is 0. The van der Waals surface area contributed by atoms with Crippen molar-refractivity contribution in [1.29, 1.82) is 5.26 Å². The number of para-hydroxylation sites is 1. The van der Waals surface area contributed by atoms with E-state index < -0.39 is 0 Å². The van der Waals surface area contributed by atoms with E-state index >= 15 is 0 Å². The second-order valence-electron chi connectivity index (χ2n) is 15.5. The van der Waals surface area contributed by atoms with E-state index in [1.54, 1.807) is 0 Å². The zero-order valence-corrected chi connectivity index (χ0v) is 32.0. The van der Waals surface area contributed by atoms with Crippen LogP contribution in [-0.2, 0) is 0 Å². The molecule has 12 aromatic rings. The number of hydrogen-bond donors (Lipinski definition) is 0. The average molecular weight is 747 g/mol. The van der Waals surface area contributed by atoms with Crippen LogP contribution in [0.3, 0.4) is 0 Å². The molecule has 11 aromatic carbocycles. The Balaban J connectivity index is 1.10. The number of benzene rings is 11. The molecule has 2 nitrogen and oxygen atoms in total. The van der Waals surface area contributed by atoms with Gasteiger partial charge in [-0.15, -0.1) is 0 Å². The third kappa shape index (κ3) is 5.05. The summed E-state index contributed by atoms with van der Waals surface area (Å²) in [6.45, 7) is 0. The maximum atomic E-state index is 10.0. The summed E-state index contributed by atoms with van der Waals surface area (Å²) < 4.78 is 2.33. The molecule has 0 amide bonds. The van der Waals surface area contributed by atoms with Gasteiger partial charge in [0.15, 0.2) is 0 Å². The topological polar surface area (TPSA) is 28.7 Å². The first-order chi connectivity index (χ1) is 29.2. The molecule has 0 aliphatic rings. The first-order valence-corrected chi connectivity index (χ1v) is 20.1. The zero-order chi connectivity index (χ0) is 39.0. The van der Waals surface area contributed by atoms with Gasteiger partial charge in [-0.05, 0) is 130 Å². The third-order valence-corrected chi connectivity index (χ3v) is 12.3. The Kier molecular flexibility index (Phi) is 7.33. The van der Waals surface area contributed by atoms with E-state index in [0.717, 1.165) is 27.7 Å². The Morgan fingerprint density at radius 3 is 1.44 bits per heavy atom. The van der Waals surface area contributed by atoms with Crippen LogP contribution in [0, 0.1) is 11.3 Å². The molecule has 0 bridgehead atoms. The molecule has 0 unspecified atom stereocenters. The monoisotopic (exact) mass is 746 g/mol. The molecule has 0 saturated carbocycles. The van der Waals surface area contributed by atoms with E-state index in [1.807, 2.05) is 12.1 Å². The van der Waals surface area contributed by atoms with Gasteiger partial charge >= 0.3 is 0 Å². The third-order valence-electron chi connectivity index (χ3n) is 12.3. The lowest BCUT2D eigenvalue weighted by molar-refractivity contribution is 1.18. The summed E-state index contributed by atoms with van der Waals surface area (Å²) in [7, 11) is 0. The maximum Gasteiger partial charge on any atom is 0.0992 e. The summed E-state index contributed by atoms with van der Waals surface area (Å²) in [5.74, 6) is 0. The van der Waals surface area contributed by atoms with Crippen molar-refractivity contribution in [3.05, 3.63) is 212 Å². The molecule has 1 aromatic heterocycles. The Morgan fingerprint density at radius 2 is 0.831 bits per heavy atom. The van der Waals surface area contributed by atoms with Crippen LogP contribution in [0.1, 0.15) is 5.56 Å². The highest BCUT2D eigenvalue weighted by Gasteiger charge is 2.21. The predicted octanol–water partition coefficient (Wildman–Crippen LogP) is 15.4. The van der Waals surface area contributed by atoms with Crippen molar-refractivity contribution < 1.29 is 0 Å². The SMILES string of the molecule is N#Cc1cc2ccc3cc(-c4ccc(-c5ccc6c(-c7ccccc7)c7ccccc7c(-c7ccccc7)c6c5)c5ccccc45)cc4c3c2c(c1)n4-c1ccccc1. The lowest BCUT2D eigenvalue weighted by Gasteiger charge is -2.19. The molecule has 0 radical (unpaired) electrons. The summed E-state index contributed by atoms with van der Waals surface area (Å²) in [4.78, 5) is 0. The molecular weight excluding hydrogens is 713 g/mol. The summed E-state index contributed by atoms with van der Waals surface area (Å²) in [5, 5.41) is 22.1. The van der Waals surface area contributed by atoms with Crippen molar-refractivity contribution in [3.8, 4) is 56.3 Å². The minimum absolute atomic E-state index is 0.663. The highest BCUT2D eigenvalue weighted by atomic mass is 15.0. The van der Waals surface area contributed by atoms with Crippen molar-refractivity contribution >= 4 is 64.9 Å². The highest BCUT2D eigenvalue weighted by molar-refractivity contribution is 6.26. The number of hydrogen-bond acceptors (Lipinski definition) is 1. The molecule has 0 aliphatic heterocycles. The van der Waals surface area contributed by atoms with Crippen molar-refractivity contribution in [2.24, 2.45) is 0 Å². The van der Waals surface area contributed by atoms with E-state index in [9.17, 15) is 5.26 Å². The Bertz CT molecular complexity index is 3650. The second kappa shape index (κ2) is 13.0. The molecule has 1 heterocycles. The van der Waals surface area contributed by atoms with Crippen molar-refractivity contribution in [2.75, 3.05) is 0 Å². The van der Waals surface area contributed by atoms with Crippen molar-refractivity contribution in [3.63, 3.8) is 0 Å². The molecule has 59 heavy (non-hydrogen) atoms. The molecule has 0 N–H and O–H groups in total. The molecule has 12 rings (SSSR count). The molecule has 272 valence electrons. The zero-order valence-electron chi connectivity index (χ0n) is 32.0. The van der Waals surface area contributed by atoms with Gasteiger partial charge in [-0.3, -0.25) is 0 Å². The van der Waals surface area contributed by atoms with E-state index in [0.29, 0.717) is 5.56 Å². The van der Waals surface area contributed by atoms with Gasteiger partial charge in [-0.1, -0.05) is 164 Å². The normalized spacial score (nSPS) is 11.7. The second-order valence-corrected chi connectivity index (χ2v) is 15.5. The van der Waals surface area contributed by atoms with Gasteiger partial charge in [0.1, 0.15) is 0 Å². The smallest absolute Gasteiger partial charge is 0.0992 e. The molecule has 0 spiro atoms. The van der Waals surface area contributed by atoms with Crippen LogP contribution in [0.25, 0.3) is 115 Å². The number of rotatable bonds is 5. The highest BCUT2D eigenvalue weighted by Crippen LogP contribution is 2.47. The van der Waals surface area contributed by atoms with Gasteiger partial charge in [-0.25, -0.2) is 0 Å².